The molecule has 2 nitrogen and oxygen atoms in total. The predicted molar refractivity (Wildman–Crippen MR) is 53.4 cm³/mol. The number of hydrogen-bond acceptors (Lipinski definition) is 2. The molecule has 0 amide bonds. The van der Waals surface area contributed by atoms with Crippen molar-refractivity contribution in [2.24, 2.45) is 0 Å². The van der Waals surface area contributed by atoms with Crippen LogP contribution in [0.2, 0.25) is 0 Å². The first-order valence-corrected chi connectivity index (χ1v) is 4.65. The van der Waals surface area contributed by atoms with E-state index in [0.717, 1.165) is 0 Å². The molecule has 0 bridgehead atoms. The highest BCUT2D eigenvalue weighted by atomic mass is 79.9. The summed E-state index contributed by atoms with van der Waals surface area (Å²) >= 11 is 3.20. The van der Waals surface area contributed by atoms with Crippen molar-refractivity contribution in [2.75, 3.05) is 14.2 Å². The molecule has 0 aliphatic rings. The maximum Gasteiger partial charge on any atom is 0.132 e. The standard InChI is InChI=1S/C9H11BrFNO/c1-12-5-7-8(11)3-6(10)4-9(7)13-2/h3-4,12H,5H2,1-2H3. The van der Waals surface area contributed by atoms with E-state index in [2.05, 4.69) is 21.2 Å². The number of hydrogen-bond donors (Lipinski definition) is 1. The molecule has 0 spiro atoms. The van der Waals surface area contributed by atoms with E-state index in [-0.39, 0.29) is 5.82 Å². The first-order chi connectivity index (χ1) is 6.19. The van der Waals surface area contributed by atoms with Gasteiger partial charge in [-0.2, -0.15) is 0 Å². The Morgan fingerprint density at radius 3 is 2.77 bits per heavy atom. The Hall–Kier alpha value is -0.610. The van der Waals surface area contributed by atoms with Gasteiger partial charge in [-0.05, 0) is 19.2 Å². The monoisotopic (exact) mass is 247 g/mol. The quantitative estimate of drug-likeness (QED) is 0.886. The molecule has 0 aliphatic heterocycles. The van der Waals surface area contributed by atoms with Crippen molar-refractivity contribution in [3.63, 3.8) is 0 Å². The minimum Gasteiger partial charge on any atom is -0.496 e. The minimum atomic E-state index is -0.263. The molecule has 0 atom stereocenters. The van der Waals surface area contributed by atoms with Gasteiger partial charge < -0.3 is 10.1 Å². The van der Waals surface area contributed by atoms with Gasteiger partial charge in [-0.25, -0.2) is 4.39 Å². The van der Waals surface area contributed by atoms with Crippen LogP contribution in [-0.4, -0.2) is 14.2 Å². The van der Waals surface area contributed by atoms with Crippen molar-refractivity contribution in [1.29, 1.82) is 0 Å². The molecule has 0 heterocycles. The molecule has 0 aliphatic carbocycles. The number of benzene rings is 1. The van der Waals surface area contributed by atoms with Crippen molar-refractivity contribution in [3.05, 3.63) is 28.0 Å². The summed E-state index contributed by atoms with van der Waals surface area (Å²) in [6, 6.07) is 3.17. The Morgan fingerprint density at radius 2 is 2.23 bits per heavy atom. The molecule has 0 radical (unpaired) electrons. The third-order valence-corrected chi connectivity index (χ3v) is 2.15. The van der Waals surface area contributed by atoms with Crippen LogP contribution in [-0.2, 0) is 6.54 Å². The molecule has 1 rings (SSSR count). The van der Waals surface area contributed by atoms with E-state index < -0.39 is 0 Å². The van der Waals surface area contributed by atoms with E-state index in [4.69, 9.17) is 4.74 Å². The van der Waals surface area contributed by atoms with Gasteiger partial charge in [0.05, 0.1) is 7.11 Å². The second-order valence-electron chi connectivity index (χ2n) is 2.60. The molecule has 13 heavy (non-hydrogen) atoms. The Morgan fingerprint density at radius 1 is 1.54 bits per heavy atom. The SMILES string of the molecule is CNCc1c(F)cc(Br)cc1OC. The Bertz CT molecular complexity index is 304. The maximum absolute atomic E-state index is 13.3. The molecule has 1 aromatic carbocycles. The lowest BCUT2D eigenvalue weighted by Crippen LogP contribution is -2.08. The van der Waals surface area contributed by atoms with E-state index in [0.29, 0.717) is 22.3 Å². The zero-order valence-electron chi connectivity index (χ0n) is 7.53. The highest BCUT2D eigenvalue weighted by Gasteiger charge is 2.09. The van der Waals surface area contributed by atoms with Crippen molar-refractivity contribution in [1.82, 2.24) is 5.32 Å². The highest BCUT2D eigenvalue weighted by molar-refractivity contribution is 9.10. The van der Waals surface area contributed by atoms with Crippen molar-refractivity contribution in [3.8, 4) is 5.75 Å². The predicted octanol–water partition coefficient (Wildman–Crippen LogP) is 2.32. The number of nitrogens with one attached hydrogen (secondary N) is 1. The van der Waals surface area contributed by atoms with Crippen molar-refractivity contribution < 1.29 is 9.13 Å². The van der Waals surface area contributed by atoms with Crippen LogP contribution in [0, 0.1) is 5.82 Å². The van der Waals surface area contributed by atoms with Crippen LogP contribution in [0.25, 0.3) is 0 Å². The topological polar surface area (TPSA) is 21.3 Å². The highest BCUT2D eigenvalue weighted by Crippen LogP contribution is 2.26. The van der Waals surface area contributed by atoms with Gasteiger partial charge in [0.1, 0.15) is 11.6 Å². The lowest BCUT2D eigenvalue weighted by Gasteiger charge is -2.09. The second-order valence-corrected chi connectivity index (χ2v) is 3.51. The Kier molecular flexibility index (Phi) is 3.69. The summed E-state index contributed by atoms with van der Waals surface area (Å²) in [7, 11) is 3.29. The fraction of sp³-hybridized carbons (Fsp3) is 0.333. The third kappa shape index (κ3) is 2.42. The number of halogens is 2. The average Bonchev–Trinajstić information content (AvgIpc) is 2.09. The molecule has 0 saturated carbocycles. The maximum atomic E-state index is 13.3. The summed E-state index contributed by atoms with van der Waals surface area (Å²) in [5.74, 6) is 0.293. The third-order valence-electron chi connectivity index (χ3n) is 1.69. The summed E-state index contributed by atoms with van der Waals surface area (Å²) in [5.41, 5.74) is 0.549. The van der Waals surface area contributed by atoms with Crippen LogP contribution in [0.1, 0.15) is 5.56 Å². The zero-order chi connectivity index (χ0) is 9.84. The molecule has 0 saturated heterocycles. The van der Waals surface area contributed by atoms with Crippen molar-refractivity contribution >= 4 is 15.9 Å². The van der Waals surface area contributed by atoms with Crippen LogP contribution in [0.3, 0.4) is 0 Å². The summed E-state index contributed by atoms with van der Waals surface area (Å²) in [5, 5.41) is 2.88. The molecular weight excluding hydrogens is 237 g/mol. The molecule has 0 unspecified atom stereocenters. The van der Waals surface area contributed by atoms with Gasteiger partial charge in [0.15, 0.2) is 0 Å². The van der Waals surface area contributed by atoms with E-state index >= 15 is 0 Å². The molecule has 1 aromatic rings. The average molecular weight is 248 g/mol. The number of ether oxygens (including phenoxy) is 1. The van der Waals surface area contributed by atoms with E-state index in [1.54, 1.807) is 13.1 Å². The summed E-state index contributed by atoms with van der Waals surface area (Å²) < 4.78 is 19.1. The molecule has 4 heteroatoms. The van der Waals surface area contributed by atoms with Gasteiger partial charge in [-0.15, -0.1) is 0 Å². The van der Waals surface area contributed by atoms with E-state index in [9.17, 15) is 4.39 Å². The first-order valence-electron chi connectivity index (χ1n) is 3.85. The normalized spacial score (nSPS) is 10.2. The second kappa shape index (κ2) is 4.58. The van der Waals surface area contributed by atoms with Crippen LogP contribution >= 0.6 is 15.9 Å². The molecule has 0 aromatic heterocycles. The van der Waals surface area contributed by atoms with Gasteiger partial charge >= 0.3 is 0 Å². The summed E-state index contributed by atoms with van der Waals surface area (Å²) in [6.45, 7) is 0.461. The first kappa shape index (κ1) is 10.5. The Balaban J connectivity index is 3.13. The van der Waals surface area contributed by atoms with Crippen LogP contribution < -0.4 is 10.1 Å². The molecular formula is C9H11BrFNO. The summed E-state index contributed by atoms with van der Waals surface area (Å²) in [6.07, 6.45) is 0. The van der Waals surface area contributed by atoms with Gasteiger partial charge in [-0.1, -0.05) is 15.9 Å². The molecule has 0 fully saturated rings. The van der Waals surface area contributed by atoms with E-state index in [1.807, 2.05) is 0 Å². The van der Waals surface area contributed by atoms with Crippen LogP contribution in [0.15, 0.2) is 16.6 Å². The molecule has 1 N–H and O–H groups in total. The van der Waals surface area contributed by atoms with Gasteiger partial charge in [0.25, 0.3) is 0 Å². The minimum absolute atomic E-state index is 0.263. The van der Waals surface area contributed by atoms with Gasteiger partial charge in [0, 0.05) is 16.6 Å². The van der Waals surface area contributed by atoms with Crippen molar-refractivity contribution in [2.45, 2.75) is 6.54 Å². The Labute approximate surface area is 85.2 Å². The van der Waals surface area contributed by atoms with Crippen LogP contribution in [0.5, 0.6) is 5.75 Å². The summed E-state index contributed by atoms with van der Waals surface area (Å²) in [4.78, 5) is 0. The lowest BCUT2D eigenvalue weighted by molar-refractivity contribution is 0.402. The van der Waals surface area contributed by atoms with E-state index in [1.165, 1.54) is 13.2 Å². The number of rotatable bonds is 3. The largest absolute Gasteiger partial charge is 0.496 e. The van der Waals surface area contributed by atoms with Crippen LogP contribution in [0.4, 0.5) is 4.39 Å². The zero-order valence-corrected chi connectivity index (χ0v) is 9.11. The van der Waals surface area contributed by atoms with Gasteiger partial charge in [-0.3, -0.25) is 0 Å². The number of methoxy groups -OCH3 is 1. The lowest BCUT2D eigenvalue weighted by atomic mass is 10.2. The van der Waals surface area contributed by atoms with Gasteiger partial charge in [0.2, 0.25) is 0 Å². The fourth-order valence-corrected chi connectivity index (χ4v) is 1.52. The molecule has 72 valence electrons. The smallest absolute Gasteiger partial charge is 0.132 e. The fourth-order valence-electron chi connectivity index (χ4n) is 1.11.